The molecule has 2 aromatic rings. The third kappa shape index (κ3) is 5.07. The standard InChI is InChI=1S/C17H16ClFN2O2/c1-12(22)21(16-7-3-5-14(19)11-16)9-8-17(23)20-15-6-2-4-13(18)10-15/h2-7,10-11H,8-9H2,1H3,(H,20,23). The number of halogens is 2. The maximum Gasteiger partial charge on any atom is 0.226 e. The van der Waals surface area contributed by atoms with Gasteiger partial charge in [0.05, 0.1) is 0 Å². The number of anilines is 2. The molecule has 0 unspecified atom stereocenters. The summed E-state index contributed by atoms with van der Waals surface area (Å²) in [6, 6.07) is 12.5. The van der Waals surface area contributed by atoms with Gasteiger partial charge in [-0.2, -0.15) is 0 Å². The van der Waals surface area contributed by atoms with Crippen molar-refractivity contribution >= 4 is 34.8 Å². The summed E-state index contributed by atoms with van der Waals surface area (Å²) in [5.74, 6) is -0.946. The van der Waals surface area contributed by atoms with Crippen LogP contribution in [0.15, 0.2) is 48.5 Å². The van der Waals surface area contributed by atoms with Gasteiger partial charge in [-0.15, -0.1) is 0 Å². The average Bonchev–Trinajstić information content (AvgIpc) is 2.47. The molecule has 2 rings (SSSR count). The first kappa shape index (κ1) is 17.0. The molecular weight excluding hydrogens is 319 g/mol. The highest BCUT2D eigenvalue weighted by molar-refractivity contribution is 6.30. The number of nitrogens with one attached hydrogen (secondary N) is 1. The van der Waals surface area contributed by atoms with E-state index in [-0.39, 0.29) is 24.8 Å². The van der Waals surface area contributed by atoms with E-state index >= 15 is 0 Å². The van der Waals surface area contributed by atoms with E-state index in [1.54, 1.807) is 30.3 Å². The van der Waals surface area contributed by atoms with Crippen molar-refractivity contribution in [3.8, 4) is 0 Å². The smallest absolute Gasteiger partial charge is 0.226 e. The number of hydrogen-bond donors (Lipinski definition) is 1. The lowest BCUT2D eigenvalue weighted by atomic mass is 10.2. The highest BCUT2D eigenvalue weighted by Gasteiger charge is 2.14. The molecule has 0 spiro atoms. The summed E-state index contributed by atoms with van der Waals surface area (Å²) in [6.07, 6.45) is 0.0859. The summed E-state index contributed by atoms with van der Waals surface area (Å²) in [4.78, 5) is 25.1. The van der Waals surface area contributed by atoms with Crippen LogP contribution in [-0.2, 0) is 9.59 Å². The third-order valence-electron chi connectivity index (χ3n) is 3.17. The predicted octanol–water partition coefficient (Wildman–Crippen LogP) is 3.86. The molecule has 0 atom stereocenters. The predicted molar refractivity (Wildman–Crippen MR) is 89.1 cm³/mol. The van der Waals surface area contributed by atoms with Crippen molar-refractivity contribution in [1.29, 1.82) is 0 Å². The molecule has 0 aromatic heterocycles. The Morgan fingerprint density at radius 3 is 2.57 bits per heavy atom. The van der Waals surface area contributed by atoms with Gasteiger partial charge in [-0.05, 0) is 36.4 Å². The Balaban J connectivity index is 1.99. The summed E-state index contributed by atoms with van der Waals surface area (Å²) in [6.45, 7) is 1.53. The average molecular weight is 335 g/mol. The van der Waals surface area contributed by atoms with Crippen LogP contribution >= 0.6 is 11.6 Å². The van der Waals surface area contributed by atoms with Gasteiger partial charge in [-0.3, -0.25) is 9.59 Å². The number of carbonyl (C=O) groups excluding carboxylic acids is 2. The van der Waals surface area contributed by atoms with Crippen LogP contribution in [0.1, 0.15) is 13.3 Å². The first-order valence-electron chi connectivity index (χ1n) is 7.05. The van der Waals surface area contributed by atoms with Crippen molar-refractivity contribution < 1.29 is 14.0 Å². The molecule has 1 N–H and O–H groups in total. The molecule has 120 valence electrons. The zero-order valence-electron chi connectivity index (χ0n) is 12.6. The molecule has 2 amide bonds. The molecule has 23 heavy (non-hydrogen) atoms. The van der Waals surface area contributed by atoms with Gasteiger partial charge in [0.1, 0.15) is 5.82 Å². The van der Waals surface area contributed by atoms with Crippen molar-refractivity contribution in [2.75, 3.05) is 16.8 Å². The van der Waals surface area contributed by atoms with Crippen LogP contribution in [-0.4, -0.2) is 18.4 Å². The fourth-order valence-electron chi connectivity index (χ4n) is 2.12. The SMILES string of the molecule is CC(=O)N(CCC(=O)Nc1cccc(Cl)c1)c1cccc(F)c1. The van der Waals surface area contributed by atoms with E-state index < -0.39 is 5.82 Å². The van der Waals surface area contributed by atoms with Gasteiger partial charge in [0.25, 0.3) is 0 Å². The molecule has 0 fully saturated rings. The monoisotopic (exact) mass is 334 g/mol. The molecule has 0 saturated carbocycles. The van der Waals surface area contributed by atoms with Crippen LogP contribution in [0.2, 0.25) is 5.02 Å². The summed E-state index contributed by atoms with van der Waals surface area (Å²) in [5.41, 5.74) is 1.01. The highest BCUT2D eigenvalue weighted by Crippen LogP contribution is 2.17. The van der Waals surface area contributed by atoms with Crippen LogP contribution in [0.5, 0.6) is 0 Å². The van der Waals surface area contributed by atoms with Crippen molar-refractivity contribution in [2.45, 2.75) is 13.3 Å². The van der Waals surface area contributed by atoms with Crippen LogP contribution in [0.4, 0.5) is 15.8 Å². The van der Waals surface area contributed by atoms with Crippen LogP contribution in [0.3, 0.4) is 0 Å². The van der Waals surface area contributed by atoms with Gasteiger partial charge >= 0.3 is 0 Å². The minimum absolute atomic E-state index is 0.0859. The molecule has 0 radical (unpaired) electrons. The Kier molecular flexibility index (Phi) is 5.71. The van der Waals surface area contributed by atoms with E-state index in [2.05, 4.69) is 5.32 Å². The lowest BCUT2D eigenvalue weighted by molar-refractivity contribution is -0.117. The molecular formula is C17H16ClFN2O2. The number of amides is 2. The fraction of sp³-hybridized carbons (Fsp3) is 0.176. The van der Waals surface area contributed by atoms with Gasteiger partial charge in [0.2, 0.25) is 11.8 Å². The van der Waals surface area contributed by atoms with Gasteiger partial charge in [-0.1, -0.05) is 23.7 Å². The van der Waals surface area contributed by atoms with Crippen molar-refractivity contribution in [1.82, 2.24) is 0 Å². The van der Waals surface area contributed by atoms with Gasteiger partial charge < -0.3 is 10.2 Å². The molecule has 0 saturated heterocycles. The minimum Gasteiger partial charge on any atom is -0.326 e. The van der Waals surface area contributed by atoms with Crippen LogP contribution in [0.25, 0.3) is 0 Å². The van der Waals surface area contributed by atoms with Crippen molar-refractivity contribution in [2.24, 2.45) is 0 Å². The number of nitrogens with zero attached hydrogens (tertiary/aromatic N) is 1. The van der Waals surface area contributed by atoms with Crippen LogP contribution < -0.4 is 10.2 Å². The number of hydrogen-bond acceptors (Lipinski definition) is 2. The molecule has 2 aromatic carbocycles. The van der Waals surface area contributed by atoms with Crippen molar-refractivity contribution in [3.63, 3.8) is 0 Å². The van der Waals surface area contributed by atoms with Gasteiger partial charge in [-0.25, -0.2) is 4.39 Å². The first-order chi connectivity index (χ1) is 11.0. The molecule has 4 nitrogen and oxygen atoms in total. The van der Waals surface area contributed by atoms with E-state index in [4.69, 9.17) is 11.6 Å². The Hall–Kier alpha value is -2.40. The Morgan fingerprint density at radius 2 is 1.91 bits per heavy atom. The number of benzene rings is 2. The van der Waals surface area contributed by atoms with E-state index in [9.17, 15) is 14.0 Å². The maximum atomic E-state index is 13.3. The zero-order valence-corrected chi connectivity index (χ0v) is 13.3. The Bertz CT molecular complexity index is 721. The van der Waals surface area contributed by atoms with E-state index in [0.717, 1.165) is 0 Å². The maximum absolute atomic E-state index is 13.3. The zero-order chi connectivity index (χ0) is 16.8. The topological polar surface area (TPSA) is 49.4 Å². The second kappa shape index (κ2) is 7.74. The Morgan fingerprint density at radius 1 is 1.17 bits per heavy atom. The molecule has 6 heteroatoms. The van der Waals surface area contributed by atoms with Crippen molar-refractivity contribution in [3.05, 3.63) is 59.4 Å². The first-order valence-corrected chi connectivity index (χ1v) is 7.42. The third-order valence-corrected chi connectivity index (χ3v) is 3.41. The lowest BCUT2D eigenvalue weighted by Crippen LogP contribution is -2.32. The highest BCUT2D eigenvalue weighted by atomic mass is 35.5. The largest absolute Gasteiger partial charge is 0.326 e. The van der Waals surface area contributed by atoms with Crippen LogP contribution in [0, 0.1) is 5.82 Å². The molecule has 0 aliphatic heterocycles. The quantitative estimate of drug-likeness (QED) is 0.902. The summed E-state index contributed by atoms with van der Waals surface area (Å²) in [5, 5.41) is 3.23. The molecule has 0 aliphatic rings. The van der Waals surface area contributed by atoms with E-state index in [1.165, 1.54) is 30.0 Å². The van der Waals surface area contributed by atoms with Gasteiger partial charge in [0, 0.05) is 36.3 Å². The summed E-state index contributed by atoms with van der Waals surface area (Å²) < 4.78 is 13.3. The van der Waals surface area contributed by atoms with Gasteiger partial charge in [0.15, 0.2) is 0 Å². The second-order valence-corrected chi connectivity index (χ2v) is 5.40. The lowest BCUT2D eigenvalue weighted by Gasteiger charge is -2.21. The Labute approximate surface area is 138 Å². The normalized spacial score (nSPS) is 10.2. The molecule has 0 bridgehead atoms. The summed E-state index contributed by atoms with van der Waals surface area (Å²) in [7, 11) is 0. The van der Waals surface area contributed by atoms with E-state index in [1.807, 2.05) is 0 Å². The second-order valence-electron chi connectivity index (χ2n) is 4.96. The number of rotatable bonds is 5. The fourth-order valence-corrected chi connectivity index (χ4v) is 2.31. The number of carbonyl (C=O) groups is 2. The molecule has 0 aliphatic carbocycles. The molecule has 0 heterocycles. The minimum atomic E-state index is -0.433. The summed E-state index contributed by atoms with van der Waals surface area (Å²) >= 11 is 5.85. The van der Waals surface area contributed by atoms with E-state index in [0.29, 0.717) is 16.4 Å².